The van der Waals surface area contributed by atoms with Crippen LogP contribution in [-0.4, -0.2) is 47.8 Å². The van der Waals surface area contributed by atoms with Gasteiger partial charge in [-0.05, 0) is 47.2 Å². The van der Waals surface area contributed by atoms with Crippen molar-refractivity contribution in [3.63, 3.8) is 0 Å². The highest BCUT2D eigenvalue weighted by atomic mass is 35.5. The molecule has 1 N–H and O–H groups in total. The summed E-state index contributed by atoms with van der Waals surface area (Å²) in [5.74, 6) is -1.89. The zero-order valence-electron chi connectivity index (χ0n) is 19.1. The monoisotopic (exact) mass is 493 g/mol. The minimum Gasteiger partial charge on any atom is -0.480 e. The molecule has 0 spiro atoms. The zero-order chi connectivity index (χ0) is 23.9. The van der Waals surface area contributed by atoms with E-state index in [1.54, 1.807) is 18.2 Å². The molecule has 33 heavy (non-hydrogen) atoms. The Labute approximate surface area is 204 Å². The number of benzene rings is 2. The molecule has 0 amide bonds. The highest BCUT2D eigenvalue weighted by Crippen LogP contribution is 2.52. The fraction of sp³-hybridized carbons (Fsp3) is 0.500. The third-order valence-electron chi connectivity index (χ3n) is 6.73. The molecule has 0 saturated carbocycles. The van der Waals surface area contributed by atoms with Crippen LogP contribution < -0.4 is 0 Å². The summed E-state index contributed by atoms with van der Waals surface area (Å²) < 4.78 is 20.8. The van der Waals surface area contributed by atoms with Gasteiger partial charge in [0.15, 0.2) is 0 Å². The number of nitrogens with zero attached hydrogens (tertiary/aromatic N) is 1. The van der Waals surface area contributed by atoms with Gasteiger partial charge in [-0.2, -0.15) is 0 Å². The predicted molar refractivity (Wildman–Crippen MR) is 129 cm³/mol. The first-order valence-electron chi connectivity index (χ1n) is 11.3. The number of carboxylic acids is 1. The van der Waals surface area contributed by atoms with Crippen LogP contribution in [0.25, 0.3) is 0 Å². The van der Waals surface area contributed by atoms with E-state index in [0.29, 0.717) is 41.8 Å². The molecule has 2 heterocycles. The number of aliphatic carboxylic acids is 1. The first-order chi connectivity index (χ1) is 15.5. The molecule has 2 aromatic rings. The second-order valence-corrected chi connectivity index (χ2v) is 11.4. The molecule has 2 saturated heterocycles. The Morgan fingerprint density at radius 1 is 1.12 bits per heavy atom. The van der Waals surface area contributed by atoms with Crippen molar-refractivity contribution in [1.82, 2.24) is 4.90 Å². The zero-order valence-corrected chi connectivity index (χ0v) is 20.6. The lowest BCUT2D eigenvalue weighted by Crippen LogP contribution is -2.49. The summed E-state index contributed by atoms with van der Waals surface area (Å²) in [6.45, 7) is 8.24. The molecule has 2 aliphatic rings. The van der Waals surface area contributed by atoms with E-state index in [1.165, 1.54) is 6.07 Å². The van der Waals surface area contributed by atoms with Crippen molar-refractivity contribution in [2.45, 2.75) is 51.1 Å². The molecule has 0 aliphatic carbocycles. The van der Waals surface area contributed by atoms with Crippen LogP contribution in [0.4, 0.5) is 4.39 Å². The van der Waals surface area contributed by atoms with E-state index in [1.807, 2.05) is 18.2 Å². The Bertz CT molecular complexity index is 1020. The molecule has 4 nitrogen and oxygen atoms in total. The number of hydrogen-bond donors (Lipinski definition) is 1. The number of carboxylic acid groups (broad SMARTS) is 1. The summed E-state index contributed by atoms with van der Waals surface area (Å²) >= 11 is 12.4. The quantitative estimate of drug-likeness (QED) is 0.518. The van der Waals surface area contributed by atoms with E-state index >= 15 is 4.39 Å². The Morgan fingerprint density at radius 2 is 1.82 bits per heavy atom. The number of likely N-dealkylation sites (tertiary alicyclic amines) is 1. The van der Waals surface area contributed by atoms with Crippen molar-refractivity contribution >= 4 is 29.2 Å². The van der Waals surface area contributed by atoms with E-state index in [0.717, 1.165) is 5.56 Å². The normalized spacial score (nSPS) is 26.4. The van der Waals surface area contributed by atoms with Crippen molar-refractivity contribution in [1.29, 1.82) is 0 Å². The van der Waals surface area contributed by atoms with E-state index in [-0.39, 0.29) is 23.3 Å². The predicted octanol–water partition coefficient (Wildman–Crippen LogP) is 6.22. The van der Waals surface area contributed by atoms with Gasteiger partial charge in [0, 0.05) is 40.4 Å². The van der Waals surface area contributed by atoms with Crippen LogP contribution in [0.5, 0.6) is 0 Å². The molecular weight excluding hydrogens is 464 g/mol. The molecule has 4 rings (SSSR count). The molecule has 4 unspecified atom stereocenters. The molecule has 7 heteroatoms. The van der Waals surface area contributed by atoms with E-state index in [4.69, 9.17) is 27.9 Å². The average molecular weight is 494 g/mol. The van der Waals surface area contributed by atoms with Crippen LogP contribution in [0.15, 0.2) is 42.5 Å². The summed E-state index contributed by atoms with van der Waals surface area (Å²) in [4.78, 5) is 14.9. The van der Waals surface area contributed by atoms with Gasteiger partial charge in [0.2, 0.25) is 0 Å². The second-order valence-electron chi connectivity index (χ2n) is 10.5. The van der Waals surface area contributed by atoms with Crippen molar-refractivity contribution in [3.05, 3.63) is 69.5 Å². The number of ether oxygens (including phenoxy) is 1. The third kappa shape index (κ3) is 5.22. The van der Waals surface area contributed by atoms with Crippen LogP contribution in [0.3, 0.4) is 0 Å². The molecule has 2 aromatic carbocycles. The van der Waals surface area contributed by atoms with Gasteiger partial charge in [0.1, 0.15) is 11.9 Å². The van der Waals surface area contributed by atoms with Crippen LogP contribution >= 0.6 is 23.2 Å². The van der Waals surface area contributed by atoms with Gasteiger partial charge in [0.05, 0.1) is 13.2 Å². The topological polar surface area (TPSA) is 49.8 Å². The maximum atomic E-state index is 15.4. The highest BCUT2D eigenvalue weighted by molar-refractivity contribution is 6.30. The Morgan fingerprint density at radius 3 is 2.36 bits per heavy atom. The largest absolute Gasteiger partial charge is 0.480 e. The van der Waals surface area contributed by atoms with E-state index in [9.17, 15) is 9.90 Å². The Kier molecular flexibility index (Phi) is 7.07. The first-order valence-corrected chi connectivity index (χ1v) is 12.1. The Hall–Kier alpha value is -1.66. The van der Waals surface area contributed by atoms with E-state index in [2.05, 4.69) is 25.7 Å². The number of hydrogen-bond acceptors (Lipinski definition) is 3. The lowest BCUT2D eigenvalue weighted by atomic mass is 9.74. The fourth-order valence-corrected chi connectivity index (χ4v) is 5.79. The molecule has 0 bridgehead atoms. The van der Waals surface area contributed by atoms with Crippen molar-refractivity contribution in [2.75, 3.05) is 19.8 Å². The van der Waals surface area contributed by atoms with Crippen LogP contribution in [-0.2, 0) is 9.53 Å². The average Bonchev–Trinajstić information content (AvgIpc) is 2.97. The highest BCUT2D eigenvalue weighted by Gasteiger charge is 2.54. The van der Waals surface area contributed by atoms with Gasteiger partial charge in [0.25, 0.3) is 0 Å². The second kappa shape index (κ2) is 9.53. The fourth-order valence-electron chi connectivity index (χ4n) is 5.43. The van der Waals surface area contributed by atoms with E-state index < -0.39 is 23.7 Å². The smallest absolute Gasteiger partial charge is 0.321 e. The molecule has 2 fully saturated rings. The van der Waals surface area contributed by atoms with Gasteiger partial charge in [-0.15, -0.1) is 0 Å². The van der Waals surface area contributed by atoms with Crippen LogP contribution in [0.2, 0.25) is 10.0 Å². The maximum absolute atomic E-state index is 15.4. The Balaban J connectivity index is 1.91. The molecule has 0 aromatic heterocycles. The van der Waals surface area contributed by atoms with Gasteiger partial charge in [-0.25, -0.2) is 4.39 Å². The third-order valence-corrected chi connectivity index (χ3v) is 7.20. The van der Waals surface area contributed by atoms with Crippen molar-refractivity contribution < 1.29 is 19.0 Å². The molecular formula is C26H30Cl2FNO3. The standard InChI is InChI=1S/C26H30Cl2FNO3/c1-26(2,3)11-21-23(19-8-7-18(28)10-20(19)29)22(16-5-4-6-17(27)9-16)24(25(31)32)30(21)12-15-13-33-14-15/h4-10,15,21-24H,11-14H2,1-3H3,(H,31,32). The molecule has 178 valence electrons. The lowest BCUT2D eigenvalue weighted by molar-refractivity contribution is -0.144. The number of halogens is 3. The van der Waals surface area contributed by atoms with Gasteiger partial charge >= 0.3 is 5.97 Å². The van der Waals surface area contributed by atoms with Gasteiger partial charge in [-0.1, -0.05) is 62.2 Å². The molecule has 0 radical (unpaired) electrons. The van der Waals surface area contributed by atoms with Crippen molar-refractivity contribution in [3.8, 4) is 0 Å². The summed E-state index contributed by atoms with van der Waals surface area (Å²) in [7, 11) is 0. The van der Waals surface area contributed by atoms with Gasteiger partial charge in [-0.3, -0.25) is 9.69 Å². The molecule has 4 atom stereocenters. The number of carbonyl (C=O) groups is 1. The summed E-state index contributed by atoms with van der Waals surface area (Å²) in [6, 6.07) is 11.0. The number of rotatable bonds is 6. The summed E-state index contributed by atoms with van der Waals surface area (Å²) in [5, 5.41) is 11.3. The minimum absolute atomic E-state index is 0.0908. The van der Waals surface area contributed by atoms with Crippen LogP contribution in [0.1, 0.15) is 50.2 Å². The minimum atomic E-state index is -0.906. The van der Waals surface area contributed by atoms with Gasteiger partial charge < -0.3 is 9.84 Å². The molecule has 2 aliphatic heterocycles. The maximum Gasteiger partial charge on any atom is 0.321 e. The van der Waals surface area contributed by atoms with Crippen molar-refractivity contribution in [2.24, 2.45) is 11.3 Å². The first kappa shape index (κ1) is 24.5. The van der Waals surface area contributed by atoms with Crippen LogP contribution in [0, 0.1) is 17.2 Å². The SMILES string of the molecule is CC(C)(C)CC1C(c2ccc(Cl)cc2F)C(c2cccc(Cl)c2)C(C(=O)O)N1CC1COC1. The summed E-state index contributed by atoms with van der Waals surface area (Å²) in [6.07, 6.45) is 0.716. The lowest BCUT2D eigenvalue weighted by Gasteiger charge is -2.38. The summed E-state index contributed by atoms with van der Waals surface area (Å²) in [5.41, 5.74) is 1.21.